The fourth-order valence-electron chi connectivity index (χ4n) is 3.73. The van der Waals surface area contributed by atoms with Gasteiger partial charge in [-0.05, 0) is 24.8 Å². The summed E-state index contributed by atoms with van der Waals surface area (Å²) in [6, 6.07) is 10.2. The van der Waals surface area contributed by atoms with Gasteiger partial charge in [-0.15, -0.1) is 11.8 Å². The van der Waals surface area contributed by atoms with Crippen LogP contribution in [0.1, 0.15) is 24.8 Å². The molecule has 2 aliphatic heterocycles. The number of methoxy groups -OCH3 is 1. The first-order valence-corrected chi connectivity index (χ1v) is 9.88. The van der Waals surface area contributed by atoms with Crippen molar-refractivity contribution in [2.24, 2.45) is 0 Å². The lowest BCUT2D eigenvalue weighted by Gasteiger charge is -2.44. The maximum Gasteiger partial charge on any atom is 0.248 e. The van der Waals surface area contributed by atoms with Crippen molar-refractivity contribution in [1.82, 2.24) is 9.80 Å². The summed E-state index contributed by atoms with van der Waals surface area (Å²) >= 11 is 1.89. The minimum absolute atomic E-state index is 0.0438. The third-order valence-electron chi connectivity index (χ3n) is 5.11. The SMILES string of the molecule is COCC(=O)N1CCC2(CC1)SCCN2C(=O)CCc1ccccc1. The van der Waals surface area contributed by atoms with Gasteiger partial charge < -0.3 is 14.5 Å². The average Bonchev–Trinajstić information content (AvgIpc) is 3.04. The number of nitrogens with zero attached hydrogens (tertiary/aromatic N) is 2. The predicted molar refractivity (Wildman–Crippen MR) is 99.4 cm³/mol. The third-order valence-corrected chi connectivity index (χ3v) is 6.67. The maximum absolute atomic E-state index is 12.8. The van der Waals surface area contributed by atoms with E-state index >= 15 is 0 Å². The van der Waals surface area contributed by atoms with E-state index in [9.17, 15) is 9.59 Å². The summed E-state index contributed by atoms with van der Waals surface area (Å²) in [5.74, 6) is 1.27. The van der Waals surface area contributed by atoms with Gasteiger partial charge in [-0.3, -0.25) is 9.59 Å². The molecular weight excluding hydrogens is 336 g/mol. The second-order valence-corrected chi connectivity index (χ2v) is 8.10. The summed E-state index contributed by atoms with van der Waals surface area (Å²) in [5, 5.41) is 0. The molecule has 0 aromatic heterocycles. The van der Waals surface area contributed by atoms with Gasteiger partial charge in [0.25, 0.3) is 0 Å². The van der Waals surface area contributed by atoms with Gasteiger partial charge in [-0.25, -0.2) is 0 Å². The van der Waals surface area contributed by atoms with Gasteiger partial charge in [0.05, 0.1) is 4.87 Å². The number of likely N-dealkylation sites (tertiary alicyclic amines) is 1. The number of carbonyl (C=O) groups excluding carboxylic acids is 2. The highest BCUT2D eigenvalue weighted by molar-refractivity contribution is 8.00. The van der Waals surface area contributed by atoms with Crippen LogP contribution in [0.4, 0.5) is 0 Å². The molecule has 0 aliphatic carbocycles. The van der Waals surface area contributed by atoms with Crippen molar-refractivity contribution in [3.05, 3.63) is 35.9 Å². The van der Waals surface area contributed by atoms with E-state index in [1.165, 1.54) is 5.56 Å². The Bertz CT molecular complexity index is 600. The van der Waals surface area contributed by atoms with Crippen molar-refractivity contribution < 1.29 is 14.3 Å². The van der Waals surface area contributed by atoms with Crippen LogP contribution in [-0.4, -0.2) is 65.6 Å². The lowest BCUT2D eigenvalue weighted by molar-refractivity contribution is -0.139. The van der Waals surface area contributed by atoms with E-state index in [-0.39, 0.29) is 23.3 Å². The maximum atomic E-state index is 12.8. The highest BCUT2D eigenvalue weighted by Crippen LogP contribution is 2.44. The largest absolute Gasteiger partial charge is 0.375 e. The summed E-state index contributed by atoms with van der Waals surface area (Å²) < 4.78 is 4.95. The molecule has 0 saturated carbocycles. The fraction of sp³-hybridized carbons (Fsp3) is 0.579. The molecule has 2 saturated heterocycles. The summed E-state index contributed by atoms with van der Waals surface area (Å²) in [6.07, 6.45) is 3.04. The average molecular weight is 362 g/mol. The minimum atomic E-state index is -0.113. The number of carbonyl (C=O) groups is 2. The molecule has 2 amide bonds. The van der Waals surface area contributed by atoms with Crippen LogP contribution in [0.2, 0.25) is 0 Å². The van der Waals surface area contributed by atoms with Crippen molar-refractivity contribution in [3.63, 3.8) is 0 Å². The fourth-order valence-corrected chi connectivity index (χ4v) is 5.20. The Labute approximate surface area is 153 Å². The number of rotatable bonds is 5. The normalized spacial score (nSPS) is 19.4. The zero-order valence-corrected chi connectivity index (χ0v) is 15.6. The van der Waals surface area contributed by atoms with Crippen LogP contribution >= 0.6 is 11.8 Å². The van der Waals surface area contributed by atoms with Crippen LogP contribution in [0.25, 0.3) is 0 Å². The number of ether oxygens (including phenoxy) is 1. The van der Waals surface area contributed by atoms with E-state index in [0.717, 1.165) is 31.6 Å². The van der Waals surface area contributed by atoms with E-state index in [0.29, 0.717) is 19.5 Å². The number of benzene rings is 1. The molecule has 1 aromatic carbocycles. The van der Waals surface area contributed by atoms with Crippen LogP contribution < -0.4 is 0 Å². The minimum Gasteiger partial charge on any atom is -0.375 e. The molecule has 136 valence electrons. The molecular formula is C19H26N2O3S. The lowest BCUT2D eigenvalue weighted by Crippen LogP contribution is -2.54. The number of hydrogen-bond acceptors (Lipinski definition) is 4. The Hall–Kier alpha value is -1.53. The van der Waals surface area contributed by atoms with E-state index < -0.39 is 0 Å². The van der Waals surface area contributed by atoms with Crippen LogP contribution in [0.5, 0.6) is 0 Å². The standard InChI is InChI=1S/C19H26N2O3S/c1-24-15-18(23)20-11-9-19(10-12-20)21(13-14-25-19)17(22)8-7-16-5-3-2-4-6-16/h2-6H,7-15H2,1H3. The van der Waals surface area contributed by atoms with E-state index in [1.807, 2.05) is 34.9 Å². The molecule has 6 heteroatoms. The highest BCUT2D eigenvalue weighted by Gasteiger charge is 2.46. The third kappa shape index (κ3) is 4.18. The van der Waals surface area contributed by atoms with Gasteiger partial charge in [0.15, 0.2) is 0 Å². The number of amides is 2. The van der Waals surface area contributed by atoms with Crippen molar-refractivity contribution in [2.75, 3.05) is 39.1 Å². The molecule has 5 nitrogen and oxygen atoms in total. The Balaban J connectivity index is 1.57. The highest BCUT2D eigenvalue weighted by atomic mass is 32.2. The Morgan fingerprint density at radius 3 is 2.52 bits per heavy atom. The van der Waals surface area contributed by atoms with E-state index in [1.54, 1.807) is 7.11 Å². The zero-order valence-electron chi connectivity index (χ0n) is 14.8. The smallest absolute Gasteiger partial charge is 0.248 e. The summed E-state index contributed by atoms with van der Waals surface area (Å²) in [6.45, 7) is 2.37. The van der Waals surface area contributed by atoms with Crippen molar-refractivity contribution in [1.29, 1.82) is 0 Å². The Kier molecular flexibility index (Phi) is 6.02. The van der Waals surface area contributed by atoms with Crippen LogP contribution in [0.15, 0.2) is 30.3 Å². The van der Waals surface area contributed by atoms with E-state index in [4.69, 9.17) is 4.74 Å². The molecule has 1 aromatic rings. The van der Waals surface area contributed by atoms with Crippen LogP contribution in [0, 0.1) is 0 Å². The number of thioether (sulfide) groups is 1. The molecule has 1 spiro atoms. The molecule has 0 radical (unpaired) electrons. The van der Waals surface area contributed by atoms with Crippen LogP contribution in [0.3, 0.4) is 0 Å². The molecule has 2 aliphatic rings. The van der Waals surface area contributed by atoms with Crippen molar-refractivity contribution in [2.45, 2.75) is 30.6 Å². The molecule has 0 N–H and O–H groups in total. The lowest BCUT2D eigenvalue weighted by atomic mass is 10.0. The topological polar surface area (TPSA) is 49.9 Å². The first-order chi connectivity index (χ1) is 12.1. The number of aryl methyl sites for hydroxylation is 1. The Morgan fingerprint density at radius 1 is 1.12 bits per heavy atom. The molecule has 25 heavy (non-hydrogen) atoms. The van der Waals surface area contributed by atoms with Gasteiger partial charge in [-0.2, -0.15) is 0 Å². The van der Waals surface area contributed by atoms with Gasteiger partial charge in [0.1, 0.15) is 6.61 Å². The number of hydrogen-bond donors (Lipinski definition) is 0. The molecule has 2 fully saturated rings. The second-order valence-electron chi connectivity index (χ2n) is 6.64. The quantitative estimate of drug-likeness (QED) is 0.805. The molecule has 0 atom stereocenters. The van der Waals surface area contributed by atoms with Gasteiger partial charge >= 0.3 is 0 Å². The van der Waals surface area contributed by atoms with Crippen LogP contribution in [-0.2, 0) is 20.7 Å². The first kappa shape index (κ1) is 18.3. The molecule has 0 bridgehead atoms. The summed E-state index contributed by atoms with van der Waals surface area (Å²) in [5.41, 5.74) is 1.21. The molecule has 2 heterocycles. The van der Waals surface area contributed by atoms with Crippen molar-refractivity contribution >= 4 is 23.6 Å². The van der Waals surface area contributed by atoms with Crippen molar-refractivity contribution in [3.8, 4) is 0 Å². The monoisotopic (exact) mass is 362 g/mol. The summed E-state index contributed by atoms with van der Waals surface area (Å²) in [7, 11) is 1.54. The number of piperidine rings is 1. The summed E-state index contributed by atoms with van der Waals surface area (Å²) in [4.78, 5) is 28.6. The van der Waals surface area contributed by atoms with Gasteiger partial charge in [-0.1, -0.05) is 30.3 Å². The van der Waals surface area contributed by atoms with Gasteiger partial charge in [0, 0.05) is 38.9 Å². The van der Waals surface area contributed by atoms with Gasteiger partial charge in [0.2, 0.25) is 11.8 Å². The molecule has 0 unspecified atom stereocenters. The first-order valence-electron chi connectivity index (χ1n) is 8.90. The molecule has 3 rings (SSSR count). The second kappa shape index (κ2) is 8.23. The zero-order chi connectivity index (χ0) is 17.7. The van der Waals surface area contributed by atoms with E-state index in [2.05, 4.69) is 17.0 Å². The predicted octanol–water partition coefficient (Wildman–Crippen LogP) is 2.16. The Morgan fingerprint density at radius 2 is 1.84 bits per heavy atom.